The molecule has 2 heteroatoms. The van der Waals surface area contributed by atoms with Gasteiger partial charge in [0, 0.05) is 11.5 Å². The van der Waals surface area contributed by atoms with Crippen LogP contribution in [0, 0.1) is 23.5 Å². The number of hydrogen-bond donors (Lipinski definition) is 0. The minimum absolute atomic E-state index is 0.0901. The van der Waals surface area contributed by atoms with Gasteiger partial charge in [-0.05, 0) is 80.1 Å². The van der Waals surface area contributed by atoms with Gasteiger partial charge in [-0.2, -0.15) is 0 Å². The Morgan fingerprint density at radius 3 is 2.13 bits per heavy atom. The summed E-state index contributed by atoms with van der Waals surface area (Å²) in [5.41, 5.74) is 2.51. The Hall–Kier alpha value is -1.44. The molecule has 2 aliphatic carbocycles. The monoisotopic (exact) mass is 428 g/mol. The average molecular weight is 429 g/mol. The van der Waals surface area contributed by atoms with Crippen LogP contribution in [0.5, 0.6) is 0 Å². The molecular weight excluding hydrogens is 386 g/mol. The largest absolute Gasteiger partial charge is 0.207 e. The lowest BCUT2D eigenvalue weighted by molar-refractivity contribution is 0.288. The molecule has 3 rings (SSSR count). The van der Waals surface area contributed by atoms with E-state index in [1.807, 2.05) is 0 Å². The Morgan fingerprint density at radius 2 is 1.52 bits per heavy atom. The van der Waals surface area contributed by atoms with E-state index >= 15 is 0 Å². The van der Waals surface area contributed by atoms with Crippen LogP contribution in [0.25, 0.3) is 0 Å². The van der Waals surface area contributed by atoms with Crippen molar-refractivity contribution in [2.45, 2.75) is 110 Å². The second kappa shape index (κ2) is 12.6. The minimum Gasteiger partial charge on any atom is -0.207 e. The topological polar surface area (TPSA) is 0 Å². The third-order valence-corrected chi connectivity index (χ3v) is 7.52. The Labute approximate surface area is 189 Å². The first-order chi connectivity index (χ1) is 15.1. The van der Waals surface area contributed by atoms with E-state index in [0.717, 1.165) is 37.2 Å². The van der Waals surface area contributed by atoms with Crippen molar-refractivity contribution >= 4 is 0 Å². The predicted octanol–water partition coefficient (Wildman–Crippen LogP) is 9.44. The number of unbranched alkanes of at least 4 members (excludes halogenated alkanes) is 5. The third-order valence-electron chi connectivity index (χ3n) is 7.52. The normalized spacial score (nSPS) is 23.7. The van der Waals surface area contributed by atoms with Crippen molar-refractivity contribution in [1.29, 1.82) is 0 Å². The van der Waals surface area contributed by atoms with Crippen LogP contribution in [0.4, 0.5) is 8.78 Å². The van der Waals surface area contributed by atoms with Gasteiger partial charge >= 0.3 is 0 Å². The highest BCUT2D eigenvalue weighted by Gasteiger charge is 2.24. The van der Waals surface area contributed by atoms with Crippen LogP contribution in [0.1, 0.15) is 114 Å². The molecular formula is C29H42F2. The molecule has 2 aliphatic rings. The first kappa shape index (κ1) is 24.2. The summed E-state index contributed by atoms with van der Waals surface area (Å²) < 4.78 is 29.4. The Kier molecular flexibility index (Phi) is 9.81. The van der Waals surface area contributed by atoms with Gasteiger partial charge in [-0.25, -0.2) is 8.78 Å². The lowest BCUT2D eigenvalue weighted by Gasteiger charge is -2.30. The highest BCUT2D eigenvalue weighted by atomic mass is 19.1. The van der Waals surface area contributed by atoms with Gasteiger partial charge in [-0.3, -0.25) is 0 Å². The molecule has 1 atom stereocenters. The van der Waals surface area contributed by atoms with Crippen molar-refractivity contribution in [1.82, 2.24) is 0 Å². The minimum atomic E-state index is -0.360. The number of allylic oxidation sites excluding steroid dienone is 4. The average Bonchev–Trinajstić information content (AvgIpc) is 2.78. The SMILES string of the molecule is CCCCCCCCc1c(F)cc(C2C=CC([C@H]3CC[C@H](CCC)CC3)=CC2)cc1F. The van der Waals surface area contributed by atoms with Crippen molar-refractivity contribution in [2.75, 3.05) is 0 Å². The molecule has 0 bridgehead atoms. The van der Waals surface area contributed by atoms with Crippen molar-refractivity contribution in [3.8, 4) is 0 Å². The lowest BCUT2D eigenvalue weighted by Crippen LogP contribution is -2.16. The highest BCUT2D eigenvalue weighted by Crippen LogP contribution is 2.39. The fourth-order valence-corrected chi connectivity index (χ4v) is 5.54. The zero-order valence-corrected chi connectivity index (χ0v) is 19.8. The van der Waals surface area contributed by atoms with Crippen LogP contribution >= 0.6 is 0 Å². The van der Waals surface area contributed by atoms with E-state index in [1.54, 1.807) is 12.1 Å². The predicted molar refractivity (Wildman–Crippen MR) is 128 cm³/mol. The maximum atomic E-state index is 14.7. The Bertz CT molecular complexity index is 714. The van der Waals surface area contributed by atoms with Gasteiger partial charge in [-0.1, -0.05) is 77.0 Å². The third kappa shape index (κ3) is 7.02. The molecule has 0 amide bonds. The van der Waals surface area contributed by atoms with E-state index in [4.69, 9.17) is 0 Å². The van der Waals surface area contributed by atoms with Gasteiger partial charge in [0.25, 0.3) is 0 Å². The molecule has 0 spiro atoms. The first-order valence-electron chi connectivity index (χ1n) is 13.0. The summed E-state index contributed by atoms with van der Waals surface area (Å²) >= 11 is 0. The van der Waals surface area contributed by atoms with Crippen LogP contribution in [0.15, 0.2) is 35.9 Å². The fourth-order valence-electron chi connectivity index (χ4n) is 5.54. The van der Waals surface area contributed by atoms with Gasteiger partial charge < -0.3 is 0 Å². The molecule has 0 nitrogen and oxygen atoms in total. The van der Waals surface area contributed by atoms with E-state index in [9.17, 15) is 8.78 Å². The van der Waals surface area contributed by atoms with Gasteiger partial charge in [0.15, 0.2) is 0 Å². The summed E-state index contributed by atoms with van der Waals surface area (Å²) in [6.45, 7) is 4.48. The molecule has 0 saturated heterocycles. The van der Waals surface area contributed by atoms with E-state index in [0.29, 0.717) is 12.3 Å². The first-order valence-corrected chi connectivity index (χ1v) is 13.0. The van der Waals surface area contributed by atoms with Gasteiger partial charge in [-0.15, -0.1) is 0 Å². The zero-order valence-electron chi connectivity index (χ0n) is 19.8. The molecule has 0 N–H and O–H groups in total. The lowest BCUT2D eigenvalue weighted by atomic mass is 9.75. The maximum Gasteiger partial charge on any atom is 0.129 e. The second-order valence-corrected chi connectivity index (χ2v) is 9.89. The molecule has 1 saturated carbocycles. The highest BCUT2D eigenvalue weighted by molar-refractivity contribution is 5.36. The number of benzene rings is 1. The van der Waals surface area contributed by atoms with E-state index in [1.165, 1.54) is 63.4 Å². The van der Waals surface area contributed by atoms with Crippen molar-refractivity contribution in [2.24, 2.45) is 11.8 Å². The molecule has 1 fully saturated rings. The van der Waals surface area contributed by atoms with Gasteiger partial charge in [0.2, 0.25) is 0 Å². The summed E-state index contributed by atoms with van der Waals surface area (Å²) in [6, 6.07) is 3.17. The van der Waals surface area contributed by atoms with Crippen LogP contribution in [0.2, 0.25) is 0 Å². The number of hydrogen-bond acceptors (Lipinski definition) is 0. The van der Waals surface area contributed by atoms with Gasteiger partial charge in [0.1, 0.15) is 11.6 Å². The number of rotatable bonds is 11. The van der Waals surface area contributed by atoms with Crippen LogP contribution < -0.4 is 0 Å². The molecule has 1 aromatic rings. The molecule has 0 heterocycles. The Morgan fingerprint density at radius 1 is 0.839 bits per heavy atom. The summed E-state index contributed by atoms with van der Waals surface area (Å²) in [4.78, 5) is 0. The molecule has 0 radical (unpaired) electrons. The summed E-state index contributed by atoms with van der Waals surface area (Å²) in [5, 5.41) is 0. The summed E-state index contributed by atoms with van der Waals surface area (Å²) in [6.07, 6.45) is 22.8. The molecule has 0 aliphatic heterocycles. The Balaban J connectivity index is 1.52. The van der Waals surface area contributed by atoms with Crippen LogP contribution in [0.3, 0.4) is 0 Å². The van der Waals surface area contributed by atoms with Crippen molar-refractivity contribution in [3.05, 3.63) is 58.7 Å². The van der Waals surface area contributed by atoms with E-state index in [2.05, 4.69) is 32.1 Å². The molecule has 172 valence electrons. The second-order valence-electron chi connectivity index (χ2n) is 9.89. The molecule has 1 unspecified atom stereocenters. The van der Waals surface area contributed by atoms with Crippen LogP contribution in [-0.2, 0) is 6.42 Å². The van der Waals surface area contributed by atoms with Gasteiger partial charge in [0.05, 0.1) is 0 Å². The number of halogens is 2. The standard InChI is InChI=1S/C29H42F2/c1-3-5-6-7-8-9-11-27-28(30)20-26(21-29(27)31)25-18-16-24(17-19-25)23-14-12-22(10-4-2)13-15-23/h16-18,20-23,25H,3-15,19H2,1-2H3/t22-,23-,25?. The quantitative estimate of drug-likeness (QED) is 0.308. The van der Waals surface area contributed by atoms with Crippen LogP contribution in [-0.4, -0.2) is 0 Å². The van der Waals surface area contributed by atoms with E-state index in [-0.39, 0.29) is 23.1 Å². The molecule has 31 heavy (non-hydrogen) atoms. The van der Waals surface area contributed by atoms with E-state index < -0.39 is 0 Å². The fraction of sp³-hybridized carbons (Fsp3) is 0.655. The summed E-state index contributed by atoms with van der Waals surface area (Å²) in [7, 11) is 0. The summed E-state index contributed by atoms with van der Waals surface area (Å²) in [5.74, 6) is 0.968. The zero-order chi connectivity index (χ0) is 22.1. The van der Waals surface area contributed by atoms with Crippen molar-refractivity contribution < 1.29 is 8.78 Å². The molecule has 1 aromatic carbocycles. The maximum absolute atomic E-state index is 14.7. The molecule has 0 aromatic heterocycles. The smallest absolute Gasteiger partial charge is 0.129 e. The van der Waals surface area contributed by atoms with Crippen molar-refractivity contribution in [3.63, 3.8) is 0 Å².